The lowest BCUT2D eigenvalue weighted by atomic mass is 9.91. The maximum absolute atomic E-state index is 2.35. The van der Waals surface area contributed by atoms with Gasteiger partial charge in [0.15, 0.2) is 0 Å². The zero-order valence-electron chi connectivity index (χ0n) is 28.2. The molecule has 1 nitrogen and oxygen atoms in total. The topological polar surface area (TPSA) is 3.24 Å². The monoisotopic (exact) mass is 649 g/mol. The highest BCUT2D eigenvalue weighted by Gasteiger charge is 2.16. The standard InChI is InChI=1S/C50H35N/c1-4-15-36(16-5-1)46-32-29-40(34-49(46)37-17-6-2-7-18-37)39-20-14-23-44(33-39)51(42-21-8-3-9-22-42)43-30-27-38(28-31-43)50-35-41-19-10-11-24-45(41)47-25-12-13-26-48(47)50/h1-35H. The van der Waals surface area contributed by atoms with Crippen molar-refractivity contribution < 1.29 is 0 Å². The smallest absolute Gasteiger partial charge is 0.0467 e. The fraction of sp³-hybridized carbons (Fsp3) is 0. The summed E-state index contributed by atoms with van der Waals surface area (Å²) in [4.78, 5) is 2.35. The van der Waals surface area contributed by atoms with Gasteiger partial charge in [0, 0.05) is 17.1 Å². The first-order valence-corrected chi connectivity index (χ1v) is 17.5. The summed E-state index contributed by atoms with van der Waals surface area (Å²) >= 11 is 0. The summed E-state index contributed by atoms with van der Waals surface area (Å²) in [6, 6.07) is 76.6. The fourth-order valence-corrected chi connectivity index (χ4v) is 7.38. The van der Waals surface area contributed by atoms with E-state index in [9.17, 15) is 0 Å². The molecule has 9 aromatic rings. The van der Waals surface area contributed by atoms with Gasteiger partial charge in [-0.2, -0.15) is 0 Å². The van der Waals surface area contributed by atoms with E-state index in [0.29, 0.717) is 0 Å². The zero-order chi connectivity index (χ0) is 34.0. The molecule has 240 valence electrons. The highest BCUT2D eigenvalue weighted by Crippen LogP contribution is 2.41. The molecule has 1 heteroatoms. The minimum Gasteiger partial charge on any atom is -0.310 e. The van der Waals surface area contributed by atoms with Crippen molar-refractivity contribution in [2.24, 2.45) is 0 Å². The summed E-state index contributed by atoms with van der Waals surface area (Å²) < 4.78 is 0. The first-order valence-electron chi connectivity index (χ1n) is 17.5. The molecule has 9 rings (SSSR count). The van der Waals surface area contributed by atoms with Crippen molar-refractivity contribution in [1.82, 2.24) is 0 Å². The van der Waals surface area contributed by atoms with E-state index in [1.807, 2.05) is 0 Å². The molecule has 0 aliphatic heterocycles. The lowest BCUT2D eigenvalue weighted by Gasteiger charge is -2.26. The van der Waals surface area contributed by atoms with Crippen LogP contribution in [0, 0.1) is 0 Å². The van der Waals surface area contributed by atoms with Crippen molar-refractivity contribution in [2.45, 2.75) is 0 Å². The van der Waals surface area contributed by atoms with Gasteiger partial charge in [-0.1, -0.05) is 164 Å². The highest BCUT2D eigenvalue weighted by atomic mass is 15.1. The predicted molar refractivity (Wildman–Crippen MR) is 218 cm³/mol. The van der Waals surface area contributed by atoms with E-state index in [1.165, 1.54) is 66.1 Å². The Labute approximate surface area is 299 Å². The van der Waals surface area contributed by atoms with E-state index in [4.69, 9.17) is 0 Å². The fourth-order valence-electron chi connectivity index (χ4n) is 7.38. The van der Waals surface area contributed by atoms with Gasteiger partial charge in [0.1, 0.15) is 0 Å². The van der Waals surface area contributed by atoms with Gasteiger partial charge in [-0.3, -0.25) is 0 Å². The van der Waals surface area contributed by atoms with Crippen molar-refractivity contribution in [3.8, 4) is 44.5 Å². The van der Waals surface area contributed by atoms with Crippen LogP contribution in [-0.2, 0) is 0 Å². The first kappa shape index (κ1) is 30.4. The summed E-state index contributed by atoms with van der Waals surface area (Å²) in [7, 11) is 0. The Morgan fingerprint density at radius 3 is 1.45 bits per heavy atom. The third-order valence-corrected chi connectivity index (χ3v) is 9.85. The third-order valence-electron chi connectivity index (χ3n) is 9.85. The summed E-state index contributed by atoms with van der Waals surface area (Å²) in [5.41, 5.74) is 13.0. The maximum atomic E-state index is 2.35. The van der Waals surface area contributed by atoms with E-state index in [0.717, 1.165) is 17.1 Å². The number of benzene rings is 9. The van der Waals surface area contributed by atoms with Crippen LogP contribution in [0.4, 0.5) is 17.1 Å². The molecule has 51 heavy (non-hydrogen) atoms. The van der Waals surface area contributed by atoms with Crippen LogP contribution in [0.5, 0.6) is 0 Å². The molecule has 0 unspecified atom stereocenters. The molecular formula is C50H35N. The molecule has 0 aliphatic carbocycles. The Hall–Kier alpha value is -6.70. The summed E-state index contributed by atoms with van der Waals surface area (Å²) in [5, 5.41) is 5.09. The van der Waals surface area contributed by atoms with E-state index >= 15 is 0 Å². The molecule has 0 N–H and O–H groups in total. The van der Waals surface area contributed by atoms with E-state index in [1.54, 1.807) is 0 Å². The molecule has 0 fully saturated rings. The minimum atomic E-state index is 1.11. The lowest BCUT2D eigenvalue weighted by molar-refractivity contribution is 1.28. The molecule has 0 bridgehead atoms. The number of hydrogen-bond donors (Lipinski definition) is 0. The number of fused-ring (bicyclic) bond motifs is 3. The van der Waals surface area contributed by atoms with E-state index < -0.39 is 0 Å². The summed E-state index contributed by atoms with van der Waals surface area (Å²) in [6.45, 7) is 0. The molecule has 9 aromatic carbocycles. The first-order chi connectivity index (χ1) is 25.3. The van der Waals surface area contributed by atoms with Crippen LogP contribution in [0.25, 0.3) is 66.1 Å². The number of nitrogens with zero attached hydrogens (tertiary/aromatic N) is 1. The van der Waals surface area contributed by atoms with Crippen molar-refractivity contribution in [2.75, 3.05) is 4.90 Å². The quantitative estimate of drug-likeness (QED) is 0.155. The SMILES string of the molecule is c1ccc(-c2ccc(-c3cccc(N(c4ccccc4)c4ccc(-c5cc6ccccc6c6ccccc56)cc4)c3)cc2-c2ccccc2)cc1. The Bertz CT molecular complexity index is 2610. The third kappa shape index (κ3) is 5.86. The van der Waals surface area contributed by atoms with Crippen molar-refractivity contribution in [3.05, 3.63) is 212 Å². The van der Waals surface area contributed by atoms with Gasteiger partial charge in [-0.25, -0.2) is 0 Å². The number of anilines is 3. The van der Waals surface area contributed by atoms with Crippen molar-refractivity contribution >= 4 is 38.6 Å². The molecule has 0 heterocycles. The van der Waals surface area contributed by atoms with Gasteiger partial charge < -0.3 is 4.90 Å². The Kier molecular flexibility index (Phi) is 7.92. The van der Waals surface area contributed by atoms with Crippen LogP contribution in [0.1, 0.15) is 0 Å². The van der Waals surface area contributed by atoms with Crippen LogP contribution in [-0.4, -0.2) is 0 Å². The molecule has 0 radical (unpaired) electrons. The Morgan fingerprint density at radius 1 is 0.235 bits per heavy atom. The van der Waals surface area contributed by atoms with E-state index in [2.05, 4.69) is 217 Å². The highest BCUT2D eigenvalue weighted by molar-refractivity contribution is 6.13. The van der Waals surface area contributed by atoms with Crippen LogP contribution in [0.15, 0.2) is 212 Å². The average Bonchev–Trinajstić information content (AvgIpc) is 3.22. The van der Waals surface area contributed by atoms with Crippen LogP contribution in [0.3, 0.4) is 0 Å². The average molecular weight is 650 g/mol. The molecule has 0 aliphatic rings. The van der Waals surface area contributed by atoms with Crippen molar-refractivity contribution in [3.63, 3.8) is 0 Å². The minimum absolute atomic E-state index is 1.11. The predicted octanol–water partition coefficient (Wildman–Crippen LogP) is 14.1. The molecular weight excluding hydrogens is 615 g/mol. The van der Waals surface area contributed by atoms with Gasteiger partial charge in [0.2, 0.25) is 0 Å². The van der Waals surface area contributed by atoms with Crippen LogP contribution >= 0.6 is 0 Å². The Balaban J connectivity index is 1.13. The number of para-hydroxylation sites is 1. The van der Waals surface area contributed by atoms with Gasteiger partial charge in [0.05, 0.1) is 0 Å². The molecule has 0 saturated heterocycles. The van der Waals surface area contributed by atoms with Gasteiger partial charge in [-0.05, 0) is 115 Å². The molecule has 0 atom stereocenters. The van der Waals surface area contributed by atoms with Crippen molar-refractivity contribution in [1.29, 1.82) is 0 Å². The molecule has 0 amide bonds. The van der Waals surface area contributed by atoms with Gasteiger partial charge >= 0.3 is 0 Å². The normalized spacial score (nSPS) is 11.1. The van der Waals surface area contributed by atoms with Crippen LogP contribution < -0.4 is 4.90 Å². The number of rotatable bonds is 7. The molecule has 0 spiro atoms. The second kappa shape index (κ2) is 13.3. The maximum Gasteiger partial charge on any atom is 0.0467 e. The number of hydrogen-bond acceptors (Lipinski definition) is 1. The molecule has 0 saturated carbocycles. The second-order valence-corrected chi connectivity index (χ2v) is 13.0. The van der Waals surface area contributed by atoms with Gasteiger partial charge in [-0.15, -0.1) is 0 Å². The van der Waals surface area contributed by atoms with Gasteiger partial charge in [0.25, 0.3) is 0 Å². The van der Waals surface area contributed by atoms with E-state index in [-0.39, 0.29) is 0 Å². The molecule has 0 aromatic heterocycles. The lowest BCUT2D eigenvalue weighted by Crippen LogP contribution is -2.09. The second-order valence-electron chi connectivity index (χ2n) is 13.0. The Morgan fingerprint density at radius 2 is 0.725 bits per heavy atom. The summed E-state index contributed by atoms with van der Waals surface area (Å²) in [5.74, 6) is 0. The summed E-state index contributed by atoms with van der Waals surface area (Å²) in [6.07, 6.45) is 0. The largest absolute Gasteiger partial charge is 0.310 e. The zero-order valence-corrected chi connectivity index (χ0v) is 28.2. The van der Waals surface area contributed by atoms with Crippen LogP contribution in [0.2, 0.25) is 0 Å².